The number of fused-ring (bicyclic) bond motifs is 2. The van der Waals surface area contributed by atoms with E-state index >= 15 is 0 Å². The van der Waals surface area contributed by atoms with Gasteiger partial charge in [0.15, 0.2) is 0 Å². The first-order chi connectivity index (χ1) is 13.5. The van der Waals surface area contributed by atoms with Gasteiger partial charge in [0.2, 0.25) is 11.8 Å². The molecule has 1 saturated heterocycles. The van der Waals surface area contributed by atoms with Crippen LogP contribution in [0.15, 0.2) is 42.6 Å². The summed E-state index contributed by atoms with van der Waals surface area (Å²) in [5.74, 6) is -0.803. The molecule has 140 valence electrons. The first-order valence-corrected chi connectivity index (χ1v) is 9.37. The summed E-state index contributed by atoms with van der Waals surface area (Å²) < 4.78 is 0. The lowest BCUT2D eigenvalue weighted by molar-refractivity contribution is -0.136. The van der Waals surface area contributed by atoms with Gasteiger partial charge in [-0.1, -0.05) is 6.07 Å². The van der Waals surface area contributed by atoms with Crippen molar-refractivity contribution >= 4 is 28.6 Å². The van der Waals surface area contributed by atoms with E-state index in [4.69, 9.17) is 0 Å². The van der Waals surface area contributed by atoms with Gasteiger partial charge in [-0.2, -0.15) is 0 Å². The SMILES string of the molecule is Cc1cc(-c2ccc3c(c2)CN(C2CCC(=O)NC2=O)C3=O)cc2cc[nH]c12. The third-order valence-electron chi connectivity index (χ3n) is 5.71. The maximum atomic E-state index is 12.8. The quantitative estimate of drug-likeness (QED) is 0.678. The monoisotopic (exact) mass is 373 g/mol. The highest BCUT2D eigenvalue weighted by molar-refractivity contribution is 6.05. The predicted molar refractivity (Wildman–Crippen MR) is 105 cm³/mol. The number of rotatable bonds is 2. The molecular weight excluding hydrogens is 354 g/mol. The Kier molecular flexibility index (Phi) is 3.62. The highest BCUT2D eigenvalue weighted by Crippen LogP contribution is 2.33. The van der Waals surface area contributed by atoms with E-state index in [2.05, 4.69) is 29.4 Å². The van der Waals surface area contributed by atoms with E-state index < -0.39 is 6.04 Å². The molecule has 3 aromatic rings. The fourth-order valence-electron chi connectivity index (χ4n) is 4.28. The number of H-pyrrole nitrogens is 1. The average Bonchev–Trinajstić information content (AvgIpc) is 3.27. The van der Waals surface area contributed by atoms with Gasteiger partial charge in [0.25, 0.3) is 5.91 Å². The van der Waals surface area contributed by atoms with Crippen molar-refractivity contribution in [1.29, 1.82) is 0 Å². The minimum atomic E-state index is -0.584. The van der Waals surface area contributed by atoms with Crippen LogP contribution in [-0.4, -0.2) is 33.6 Å². The van der Waals surface area contributed by atoms with Gasteiger partial charge < -0.3 is 9.88 Å². The number of carbonyl (C=O) groups is 3. The Bertz CT molecular complexity index is 1160. The molecule has 3 amide bonds. The van der Waals surface area contributed by atoms with Crippen LogP contribution in [0.25, 0.3) is 22.0 Å². The Morgan fingerprint density at radius 2 is 1.89 bits per heavy atom. The highest BCUT2D eigenvalue weighted by Gasteiger charge is 2.39. The normalized spacial score (nSPS) is 19.2. The second-order valence-electron chi connectivity index (χ2n) is 7.51. The zero-order valence-corrected chi connectivity index (χ0v) is 15.4. The van der Waals surface area contributed by atoms with Crippen LogP contribution in [-0.2, 0) is 16.1 Å². The number of aryl methyl sites for hydroxylation is 1. The van der Waals surface area contributed by atoms with Crippen molar-refractivity contribution in [2.24, 2.45) is 0 Å². The van der Waals surface area contributed by atoms with Gasteiger partial charge in [-0.25, -0.2) is 0 Å². The zero-order valence-electron chi connectivity index (χ0n) is 15.4. The van der Waals surface area contributed by atoms with Crippen molar-refractivity contribution in [2.45, 2.75) is 32.4 Å². The van der Waals surface area contributed by atoms with E-state index in [-0.39, 0.29) is 24.1 Å². The number of benzene rings is 2. The number of nitrogens with one attached hydrogen (secondary N) is 2. The van der Waals surface area contributed by atoms with Crippen molar-refractivity contribution in [2.75, 3.05) is 0 Å². The number of aromatic amines is 1. The highest BCUT2D eigenvalue weighted by atomic mass is 16.2. The molecule has 3 heterocycles. The van der Waals surface area contributed by atoms with Crippen LogP contribution >= 0.6 is 0 Å². The van der Waals surface area contributed by atoms with Crippen LogP contribution in [0.3, 0.4) is 0 Å². The molecular formula is C22H19N3O3. The van der Waals surface area contributed by atoms with E-state index in [0.29, 0.717) is 18.5 Å². The molecule has 6 heteroatoms. The van der Waals surface area contributed by atoms with Crippen LogP contribution in [0.5, 0.6) is 0 Å². The molecule has 1 aromatic heterocycles. The number of aromatic nitrogens is 1. The Balaban J connectivity index is 1.48. The van der Waals surface area contributed by atoms with Crippen LogP contribution in [0.2, 0.25) is 0 Å². The van der Waals surface area contributed by atoms with Crippen molar-refractivity contribution in [3.8, 4) is 11.1 Å². The van der Waals surface area contributed by atoms with Crippen molar-refractivity contribution in [1.82, 2.24) is 15.2 Å². The van der Waals surface area contributed by atoms with E-state index in [0.717, 1.165) is 27.6 Å². The Morgan fingerprint density at radius 1 is 1.04 bits per heavy atom. The van der Waals surface area contributed by atoms with Crippen LogP contribution < -0.4 is 5.32 Å². The second kappa shape index (κ2) is 6.05. The van der Waals surface area contributed by atoms with Crippen molar-refractivity contribution in [3.63, 3.8) is 0 Å². The molecule has 0 radical (unpaired) electrons. The summed E-state index contributed by atoms with van der Waals surface area (Å²) >= 11 is 0. The summed E-state index contributed by atoms with van der Waals surface area (Å²) in [6.07, 6.45) is 2.57. The largest absolute Gasteiger partial charge is 0.361 e. The molecule has 1 atom stereocenters. The lowest BCUT2D eigenvalue weighted by Crippen LogP contribution is -2.52. The molecule has 0 spiro atoms. The van der Waals surface area contributed by atoms with Gasteiger partial charge in [0.1, 0.15) is 6.04 Å². The molecule has 1 unspecified atom stereocenters. The molecule has 0 bridgehead atoms. The van der Waals surface area contributed by atoms with Gasteiger partial charge >= 0.3 is 0 Å². The van der Waals surface area contributed by atoms with Gasteiger partial charge in [-0.05, 0) is 65.9 Å². The number of piperidine rings is 1. The third-order valence-corrected chi connectivity index (χ3v) is 5.71. The molecule has 6 nitrogen and oxygen atoms in total. The second-order valence-corrected chi connectivity index (χ2v) is 7.51. The number of carbonyl (C=O) groups excluding carboxylic acids is 3. The maximum absolute atomic E-state index is 12.8. The van der Waals surface area contributed by atoms with E-state index in [1.807, 2.05) is 30.5 Å². The van der Waals surface area contributed by atoms with Crippen LogP contribution in [0, 0.1) is 6.92 Å². The summed E-state index contributed by atoms with van der Waals surface area (Å²) in [6, 6.07) is 11.6. The Labute approximate surface area is 161 Å². The summed E-state index contributed by atoms with van der Waals surface area (Å²) in [4.78, 5) is 41.2. The minimum Gasteiger partial charge on any atom is -0.361 e. The molecule has 2 aliphatic heterocycles. The molecule has 2 N–H and O–H groups in total. The molecule has 28 heavy (non-hydrogen) atoms. The first kappa shape index (κ1) is 16.7. The average molecular weight is 373 g/mol. The molecule has 1 fully saturated rings. The number of imide groups is 1. The number of nitrogens with zero attached hydrogens (tertiary/aromatic N) is 1. The fourth-order valence-corrected chi connectivity index (χ4v) is 4.28. The molecule has 0 saturated carbocycles. The first-order valence-electron chi connectivity index (χ1n) is 9.37. The Morgan fingerprint density at radius 3 is 2.71 bits per heavy atom. The van der Waals surface area contributed by atoms with Gasteiger partial charge in [0, 0.05) is 35.6 Å². The summed E-state index contributed by atoms with van der Waals surface area (Å²) in [6.45, 7) is 2.46. The number of hydrogen-bond donors (Lipinski definition) is 2. The van der Waals surface area contributed by atoms with E-state index in [1.165, 1.54) is 5.56 Å². The smallest absolute Gasteiger partial charge is 0.255 e. The van der Waals surface area contributed by atoms with E-state index in [9.17, 15) is 14.4 Å². The number of hydrogen-bond acceptors (Lipinski definition) is 3. The molecule has 0 aliphatic carbocycles. The lowest BCUT2D eigenvalue weighted by atomic mass is 9.98. The van der Waals surface area contributed by atoms with Gasteiger partial charge in [0.05, 0.1) is 0 Å². The van der Waals surface area contributed by atoms with E-state index in [1.54, 1.807) is 4.90 Å². The number of amides is 3. The standard InChI is InChI=1S/C22H19N3O3/c1-12-8-15(10-14-6-7-23-20(12)14)13-2-3-17-16(9-13)11-25(22(17)28)18-4-5-19(26)24-21(18)27/h2-3,6-10,18,23H,4-5,11H2,1H3,(H,24,26,27). The molecule has 2 aliphatic rings. The fraction of sp³-hybridized carbons (Fsp3) is 0.227. The molecule has 5 rings (SSSR count). The maximum Gasteiger partial charge on any atom is 0.255 e. The summed E-state index contributed by atoms with van der Waals surface area (Å²) in [5, 5.41) is 3.49. The van der Waals surface area contributed by atoms with Crippen LogP contribution in [0.4, 0.5) is 0 Å². The van der Waals surface area contributed by atoms with Gasteiger partial charge in [-0.15, -0.1) is 0 Å². The minimum absolute atomic E-state index is 0.145. The van der Waals surface area contributed by atoms with Crippen LogP contribution in [0.1, 0.15) is 34.3 Å². The Hall–Kier alpha value is -3.41. The third kappa shape index (κ3) is 2.52. The van der Waals surface area contributed by atoms with Gasteiger partial charge in [-0.3, -0.25) is 19.7 Å². The topological polar surface area (TPSA) is 82.3 Å². The predicted octanol–water partition coefficient (Wildman–Crippen LogP) is 2.90. The van der Waals surface area contributed by atoms with Crippen molar-refractivity contribution in [3.05, 3.63) is 59.3 Å². The summed E-state index contributed by atoms with van der Waals surface area (Å²) in [7, 11) is 0. The summed E-state index contributed by atoms with van der Waals surface area (Å²) in [5.41, 5.74) is 5.98. The molecule has 2 aromatic carbocycles. The zero-order chi connectivity index (χ0) is 19.4. The lowest BCUT2D eigenvalue weighted by Gasteiger charge is -2.29. The van der Waals surface area contributed by atoms with Crippen molar-refractivity contribution < 1.29 is 14.4 Å².